The van der Waals surface area contributed by atoms with Crippen LogP contribution < -0.4 is 22.9 Å². The number of hydrogen-bond donors (Lipinski definition) is 1. The molecule has 0 amide bonds. The Balaban J connectivity index is 0.00000200. The summed E-state index contributed by atoms with van der Waals surface area (Å²) in [4.78, 5) is 0. The van der Waals surface area contributed by atoms with Crippen molar-refractivity contribution in [2.24, 2.45) is 5.73 Å². The number of para-hydroxylation sites is 1. The second kappa shape index (κ2) is 6.79. The van der Waals surface area contributed by atoms with Crippen LogP contribution in [-0.2, 0) is 10.2 Å². The summed E-state index contributed by atoms with van der Waals surface area (Å²) in [6.07, 6.45) is 2.96. The Morgan fingerprint density at radius 1 is 1.30 bits per heavy atom. The predicted octanol–water partition coefficient (Wildman–Crippen LogP) is -0.125. The van der Waals surface area contributed by atoms with Gasteiger partial charge in [-0.05, 0) is 45.7 Å². The van der Waals surface area contributed by atoms with Gasteiger partial charge in [-0.15, -0.1) is 0 Å². The first-order valence-electron chi connectivity index (χ1n) is 7.00. The van der Waals surface area contributed by atoms with Crippen molar-refractivity contribution >= 4 is 0 Å². The van der Waals surface area contributed by atoms with Gasteiger partial charge in [0.1, 0.15) is 5.75 Å². The average Bonchev–Trinajstić information content (AvgIpc) is 2.38. The molecule has 1 aliphatic rings. The number of hydrogen-bond acceptors (Lipinski definition) is 3. The molecule has 1 aromatic rings. The van der Waals surface area contributed by atoms with Crippen LogP contribution >= 0.6 is 0 Å². The number of rotatable bonds is 4. The summed E-state index contributed by atoms with van der Waals surface area (Å²) in [5, 5.41) is 0. The van der Waals surface area contributed by atoms with Gasteiger partial charge in [0.15, 0.2) is 0 Å². The standard InChI is InChI=1S/C16H25NO2.ClH/c1-15(2)12-16(8-10-17,9-11-19-15)13-6-4-5-7-14(13)18-3;/h4-7H,8-12,17H2,1-3H3;1H/p-1. The summed E-state index contributed by atoms with van der Waals surface area (Å²) in [6.45, 7) is 5.79. The molecule has 0 bridgehead atoms. The molecule has 1 atom stereocenters. The molecule has 3 nitrogen and oxygen atoms in total. The summed E-state index contributed by atoms with van der Waals surface area (Å²) < 4.78 is 11.4. The number of nitrogens with two attached hydrogens (primary N) is 1. The van der Waals surface area contributed by atoms with E-state index in [9.17, 15) is 0 Å². The Morgan fingerprint density at radius 2 is 2.00 bits per heavy atom. The maximum absolute atomic E-state index is 5.88. The Bertz CT molecular complexity index is 432. The highest BCUT2D eigenvalue weighted by molar-refractivity contribution is 5.40. The lowest BCUT2D eigenvalue weighted by Gasteiger charge is -2.45. The van der Waals surface area contributed by atoms with Crippen molar-refractivity contribution in [2.45, 2.75) is 44.1 Å². The summed E-state index contributed by atoms with van der Waals surface area (Å²) in [5.74, 6) is 0.966. The van der Waals surface area contributed by atoms with E-state index in [0.29, 0.717) is 6.54 Å². The molecular weight excluding hydrogens is 274 g/mol. The molecule has 1 unspecified atom stereocenters. The van der Waals surface area contributed by atoms with Gasteiger partial charge < -0.3 is 27.6 Å². The summed E-state index contributed by atoms with van der Waals surface area (Å²) >= 11 is 0. The van der Waals surface area contributed by atoms with Gasteiger partial charge in [0.05, 0.1) is 12.7 Å². The minimum absolute atomic E-state index is 0. The summed E-state index contributed by atoms with van der Waals surface area (Å²) in [5.41, 5.74) is 7.13. The van der Waals surface area contributed by atoms with Crippen LogP contribution in [0.2, 0.25) is 0 Å². The number of methoxy groups -OCH3 is 1. The van der Waals surface area contributed by atoms with Crippen molar-refractivity contribution in [3.63, 3.8) is 0 Å². The van der Waals surface area contributed by atoms with E-state index < -0.39 is 0 Å². The smallest absolute Gasteiger partial charge is 0.122 e. The molecule has 114 valence electrons. The van der Waals surface area contributed by atoms with Crippen LogP contribution in [0.5, 0.6) is 5.75 Å². The van der Waals surface area contributed by atoms with Crippen LogP contribution in [0.1, 0.15) is 38.7 Å². The van der Waals surface area contributed by atoms with Crippen molar-refractivity contribution in [1.29, 1.82) is 0 Å². The quantitative estimate of drug-likeness (QED) is 0.843. The Labute approximate surface area is 128 Å². The van der Waals surface area contributed by atoms with Crippen molar-refractivity contribution < 1.29 is 21.9 Å². The topological polar surface area (TPSA) is 44.5 Å². The lowest BCUT2D eigenvalue weighted by Crippen LogP contribution is -3.00. The Morgan fingerprint density at radius 3 is 2.60 bits per heavy atom. The van der Waals surface area contributed by atoms with E-state index in [0.717, 1.165) is 31.6 Å². The van der Waals surface area contributed by atoms with Crippen LogP contribution in [0.25, 0.3) is 0 Å². The fraction of sp³-hybridized carbons (Fsp3) is 0.625. The highest BCUT2D eigenvalue weighted by Gasteiger charge is 2.42. The zero-order valence-electron chi connectivity index (χ0n) is 12.6. The van der Waals surface area contributed by atoms with E-state index in [-0.39, 0.29) is 23.4 Å². The van der Waals surface area contributed by atoms with Crippen LogP contribution in [0.15, 0.2) is 24.3 Å². The van der Waals surface area contributed by atoms with E-state index >= 15 is 0 Å². The van der Waals surface area contributed by atoms with Gasteiger partial charge >= 0.3 is 0 Å². The van der Waals surface area contributed by atoms with Gasteiger partial charge in [0.2, 0.25) is 0 Å². The molecule has 1 aliphatic heterocycles. The lowest BCUT2D eigenvalue weighted by atomic mass is 9.67. The highest BCUT2D eigenvalue weighted by atomic mass is 35.5. The van der Waals surface area contributed by atoms with E-state index in [2.05, 4.69) is 26.0 Å². The fourth-order valence-corrected chi connectivity index (χ4v) is 3.41. The first kappa shape index (κ1) is 17.3. The van der Waals surface area contributed by atoms with Crippen molar-refractivity contribution in [3.05, 3.63) is 29.8 Å². The van der Waals surface area contributed by atoms with Crippen molar-refractivity contribution in [2.75, 3.05) is 20.3 Å². The first-order valence-corrected chi connectivity index (χ1v) is 7.00. The molecule has 4 heteroatoms. The zero-order chi connectivity index (χ0) is 13.9. The molecule has 20 heavy (non-hydrogen) atoms. The van der Waals surface area contributed by atoms with Gasteiger partial charge in [-0.25, -0.2) is 0 Å². The molecule has 1 aromatic carbocycles. The average molecular weight is 299 g/mol. The monoisotopic (exact) mass is 298 g/mol. The predicted molar refractivity (Wildman–Crippen MR) is 77.6 cm³/mol. The molecule has 0 saturated carbocycles. The molecule has 1 fully saturated rings. The molecule has 2 N–H and O–H groups in total. The zero-order valence-corrected chi connectivity index (χ0v) is 13.4. The van der Waals surface area contributed by atoms with Gasteiger partial charge in [-0.1, -0.05) is 18.2 Å². The maximum atomic E-state index is 5.88. The van der Waals surface area contributed by atoms with Crippen LogP contribution in [0.3, 0.4) is 0 Å². The van der Waals surface area contributed by atoms with Gasteiger partial charge in [-0.2, -0.15) is 0 Å². The van der Waals surface area contributed by atoms with Gasteiger partial charge in [-0.3, -0.25) is 0 Å². The second-order valence-electron chi connectivity index (χ2n) is 6.05. The first-order chi connectivity index (χ1) is 9.03. The molecule has 0 radical (unpaired) electrons. The minimum Gasteiger partial charge on any atom is -1.00 e. The molecule has 2 rings (SSSR count). The maximum Gasteiger partial charge on any atom is 0.122 e. The third kappa shape index (κ3) is 3.46. The number of ether oxygens (including phenoxy) is 2. The number of halogens is 1. The van der Waals surface area contributed by atoms with Gasteiger partial charge in [0.25, 0.3) is 0 Å². The Hall–Kier alpha value is -0.770. The highest BCUT2D eigenvalue weighted by Crippen LogP contribution is 2.46. The van der Waals surface area contributed by atoms with E-state index in [1.54, 1.807) is 7.11 Å². The summed E-state index contributed by atoms with van der Waals surface area (Å²) in [7, 11) is 1.74. The molecule has 0 aliphatic carbocycles. The molecule has 1 heterocycles. The van der Waals surface area contributed by atoms with Crippen LogP contribution in [-0.4, -0.2) is 25.9 Å². The summed E-state index contributed by atoms with van der Waals surface area (Å²) in [6, 6.07) is 8.31. The van der Waals surface area contributed by atoms with Crippen LogP contribution in [0.4, 0.5) is 0 Å². The fourth-order valence-electron chi connectivity index (χ4n) is 3.41. The third-order valence-electron chi connectivity index (χ3n) is 4.14. The van der Waals surface area contributed by atoms with E-state index in [4.69, 9.17) is 15.2 Å². The molecule has 0 aromatic heterocycles. The van der Waals surface area contributed by atoms with E-state index in [1.807, 2.05) is 12.1 Å². The largest absolute Gasteiger partial charge is 1.00 e. The van der Waals surface area contributed by atoms with Crippen molar-refractivity contribution in [1.82, 2.24) is 0 Å². The molecule has 0 spiro atoms. The third-order valence-corrected chi connectivity index (χ3v) is 4.14. The molecule has 1 saturated heterocycles. The Kier molecular flexibility index (Phi) is 5.87. The second-order valence-corrected chi connectivity index (χ2v) is 6.05. The number of benzene rings is 1. The minimum atomic E-state index is -0.103. The van der Waals surface area contributed by atoms with Gasteiger partial charge in [0, 0.05) is 17.6 Å². The van der Waals surface area contributed by atoms with Crippen LogP contribution in [0, 0.1) is 0 Å². The normalized spacial score (nSPS) is 24.8. The van der Waals surface area contributed by atoms with E-state index in [1.165, 1.54) is 5.56 Å². The molecular formula is C16H25ClNO2-. The van der Waals surface area contributed by atoms with Crippen molar-refractivity contribution in [3.8, 4) is 5.75 Å². The SMILES string of the molecule is COc1ccccc1C1(CCN)CCOC(C)(C)C1.[Cl-]. The lowest BCUT2D eigenvalue weighted by molar-refractivity contribution is -0.0839.